The third-order valence-corrected chi connectivity index (χ3v) is 3.64. The zero-order valence-corrected chi connectivity index (χ0v) is 11.2. The van der Waals surface area contributed by atoms with Crippen molar-refractivity contribution >= 4 is 23.3 Å². The molecule has 8 heteroatoms. The molecule has 104 valence electrons. The van der Waals surface area contributed by atoms with Gasteiger partial charge in [-0.15, -0.1) is 11.3 Å². The number of hydrazine groups is 1. The summed E-state index contributed by atoms with van der Waals surface area (Å²) in [7, 11) is 0. The monoisotopic (exact) mass is 284 g/mol. The van der Waals surface area contributed by atoms with Crippen LogP contribution < -0.4 is 10.7 Å². The number of carboxylic acid groups (broad SMARTS) is 1. The molecule has 0 aliphatic carbocycles. The molecule has 0 spiro atoms. The molecule has 0 aromatic carbocycles. The van der Waals surface area contributed by atoms with Crippen LogP contribution >= 0.6 is 11.3 Å². The molecule has 3 N–H and O–H groups in total. The number of urea groups is 1. The maximum atomic E-state index is 11.6. The second-order valence-electron chi connectivity index (χ2n) is 4.27. The quantitative estimate of drug-likeness (QED) is 0.768. The SMILES string of the molecule is O=C(NCc1nc(C(=O)O)cs1)NN1CCCCC1. The molecule has 2 rings (SSSR count). The number of amides is 2. The van der Waals surface area contributed by atoms with E-state index in [1.807, 2.05) is 5.01 Å². The van der Waals surface area contributed by atoms with Gasteiger partial charge >= 0.3 is 12.0 Å². The molecule has 0 bridgehead atoms. The van der Waals surface area contributed by atoms with Crippen LogP contribution in [0.25, 0.3) is 0 Å². The number of hydrogen-bond donors (Lipinski definition) is 3. The van der Waals surface area contributed by atoms with Crippen LogP contribution in [0.4, 0.5) is 4.79 Å². The Morgan fingerprint density at radius 2 is 2.11 bits per heavy atom. The first kappa shape index (κ1) is 13.8. The van der Waals surface area contributed by atoms with E-state index in [4.69, 9.17) is 5.11 Å². The molecule has 1 aliphatic heterocycles. The van der Waals surface area contributed by atoms with Crippen molar-refractivity contribution in [3.63, 3.8) is 0 Å². The Morgan fingerprint density at radius 3 is 2.74 bits per heavy atom. The molecule has 19 heavy (non-hydrogen) atoms. The van der Waals surface area contributed by atoms with Crippen molar-refractivity contribution in [2.75, 3.05) is 13.1 Å². The number of rotatable bonds is 4. The predicted molar refractivity (Wildman–Crippen MR) is 69.9 cm³/mol. The zero-order valence-electron chi connectivity index (χ0n) is 10.4. The molecule has 1 aromatic heterocycles. The van der Waals surface area contributed by atoms with Crippen molar-refractivity contribution in [3.8, 4) is 0 Å². The van der Waals surface area contributed by atoms with Crippen molar-refractivity contribution in [2.24, 2.45) is 0 Å². The fourth-order valence-electron chi connectivity index (χ4n) is 1.84. The molecule has 2 amide bonds. The van der Waals surface area contributed by atoms with Gasteiger partial charge in [-0.25, -0.2) is 19.6 Å². The summed E-state index contributed by atoms with van der Waals surface area (Å²) in [6, 6.07) is -0.283. The van der Waals surface area contributed by atoms with Gasteiger partial charge in [0, 0.05) is 18.5 Å². The number of carbonyl (C=O) groups is 2. The zero-order chi connectivity index (χ0) is 13.7. The number of aromatic carboxylic acids is 1. The van der Waals surface area contributed by atoms with Crippen LogP contribution in [-0.4, -0.2) is 40.2 Å². The Morgan fingerprint density at radius 1 is 1.37 bits per heavy atom. The summed E-state index contributed by atoms with van der Waals surface area (Å²) in [4.78, 5) is 26.2. The van der Waals surface area contributed by atoms with Crippen LogP contribution in [0.5, 0.6) is 0 Å². The summed E-state index contributed by atoms with van der Waals surface area (Å²) < 4.78 is 0. The van der Waals surface area contributed by atoms with E-state index in [0.29, 0.717) is 5.01 Å². The van der Waals surface area contributed by atoms with Crippen LogP contribution in [0.3, 0.4) is 0 Å². The van der Waals surface area contributed by atoms with Crippen molar-refractivity contribution < 1.29 is 14.7 Å². The Hall–Kier alpha value is -1.67. The number of carboxylic acids is 1. The number of aromatic nitrogens is 1. The molecule has 1 saturated heterocycles. The Kier molecular flexibility index (Phi) is 4.69. The highest BCUT2D eigenvalue weighted by atomic mass is 32.1. The summed E-state index contributed by atoms with van der Waals surface area (Å²) in [6.45, 7) is 1.97. The first-order valence-corrected chi connectivity index (χ1v) is 7.00. The van der Waals surface area contributed by atoms with E-state index in [1.165, 1.54) is 23.1 Å². The molecule has 2 heterocycles. The van der Waals surface area contributed by atoms with Gasteiger partial charge in [0.05, 0.1) is 6.54 Å². The van der Waals surface area contributed by atoms with E-state index in [0.717, 1.165) is 25.9 Å². The maximum Gasteiger partial charge on any atom is 0.355 e. The van der Waals surface area contributed by atoms with Crippen molar-refractivity contribution in [2.45, 2.75) is 25.8 Å². The summed E-state index contributed by atoms with van der Waals surface area (Å²) in [5.74, 6) is -1.06. The second-order valence-corrected chi connectivity index (χ2v) is 5.22. The lowest BCUT2D eigenvalue weighted by molar-refractivity contribution is 0.0691. The molecule has 0 radical (unpaired) electrons. The fourth-order valence-corrected chi connectivity index (χ4v) is 2.54. The molecule has 1 aromatic rings. The number of thiazole rings is 1. The highest BCUT2D eigenvalue weighted by Crippen LogP contribution is 2.09. The summed E-state index contributed by atoms with van der Waals surface area (Å²) in [6.07, 6.45) is 3.39. The minimum atomic E-state index is -1.06. The number of nitrogens with one attached hydrogen (secondary N) is 2. The predicted octanol–water partition coefficient (Wildman–Crippen LogP) is 1.04. The Bertz CT molecular complexity index is 457. The lowest BCUT2D eigenvalue weighted by atomic mass is 10.2. The minimum absolute atomic E-state index is 0.0123. The summed E-state index contributed by atoms with van der Waals surface area (Å²) >= 11 is 1.22. The smallest absolute Gasteiger partial charge is 0.355 e. The fraction of sp³-hybridized carbons (Fsp3) is 0.545. The van der Waals surface area contributed by atoms with Crippen LogP contribution in [0.15, 0.2) is 5.38 Å². The Balaban J connectivity index is 1.74. The van der Waals surface area contributed by atoms with Crippen LogP contribution in [0, 0.1) is 0 Å². The van der Waals surface area contributed by atoms with Crippen molar-refractivity contribution in [1.82, 2.24) is 20.7 Å². The molecular weight excluding hydrogens is 268 g/mol. The van der Waals surface area contributed by atoms with Gasteiger partial charge < -0.3 is 10.4 Å². The molecule has 0 saturated carbocycles. The molecule has 0 unspecified atom stereocenters. The van der Waals surface area contributed by atoms with Gasteiger partial charge in [0.25, 0.3) is 0 Å². The first-order valence-electron chi connectivity index (χ1n) is 6.12. The van der Waals surface area contributed by atoms with E-state index in [9.17, 15) is 9.59 Å². The maximum absolute atomic E-state index is 11.6. The van der Waals surface area contributed by atoms with E-state index in [2.05, 4.69) is 15.7 Å². The lowest BCUT2D eigenvalue weighted by Gasteiger charge is -2.26. The summed E-state index contributed by atoms with van der Waals surface area (Å²) in [5, 5.41) is 15.3. The van der Waals surface area contributed by atoms with E-state index in [1.54, 1.807) is 0 Å². The second kappa shape index (κ2) is 6.48. The molecule has 1 aliphatic rings. The van der Waals surface area contributed by atoms with Crippen molar-refractivity contribution in [3.05, 3.63) is 16.1 Å². The lowest BCUT2D eigenvalue weighted by Crippen LogP contribution is -2.49. The topological polar surface area (TPSA) is 94.6 Å². The molecule has 7 nitrogen and oxygen atoms in total. The average molecular weight is 284 g/mol. The van der Waals surface area contributed by atoms with E-state index < -0.39 is 5.97 Å². The molecule has 0 atom stereocenters. The number of hydrogen-bond acceptors (Lipinski definition) is 5. The average Bonchev–Trinajstić information content (AvgIpc) is 2.86. The third-order valence-electron chi connectivity index (χ3n) is 2.79. The van der Waals surface area contributed by atoms with Gasteiger partial charge in [-0.1, -0.05) is 6.42 Å². The van der Waals surface area contributed by atoms with Crippen LogP contribution in [-0.2, 0) is 6.54 Å². The number of piperidine rings is 1. The van der Waals surface area contributed by atoms with Gasteiger partial charge in [0.2, 0.25) is 0 Å². The highest BCUT2D eigenvalue weighted by molar-refractivity contribution is 7.09. The number of nitrogens with zero attached hydrogens (tertiary/aromatic N) is 2. The van der Waals surface area contributed by atoms with E-state index in [-0.39, 0.29) is 18.3 Å². The largest absolute Gasteiger partial charge is 0.476 e. The molecular formula is C11H16N4O3S. The van der Waals surface area contributed by atoms with Gasteiger partial charge in [-0.3, -0.25) is 5.43 Å². The van der Waals surface area contributed by atoms with Crippen molar-refractivity contribution in [1.29, 1.82) is 0 Å². The van der Waals surface area contributed by atoms with Gasteiger partial charge in [0.15, 0.2) is 5.69 Å². The Labute approximate surface area is 114 Å². The third kappa shape index (κ3) is 4.18. The highest BCUT2D eigenvalue weighted by Gasteiger charge is 2.13. The van der Waals surface area contributed by atoms with Crippen LogP contribution in [0.2, 0.25) is 0 Å². The number of carbonyl (C=O) groups excluding carboxylic acids is 1. The van der Waals surface area contributed by atoms with Gasteiger partial charge in [-0.2, -0.15) is 0 Å². The first-order chi connectivity index (χ1) is 9.15. The standard InChI is InChI=1S/C11H16N4O3S/c16-10(17)8-7-19-9(13-8)6-12-11(18)14-15-4-2-1-3-5-15/h7H,1-6H2,(H,16,17)(H2,12,14,18). The molecule has 1 fully saturated rings. The van der Waals surface area contributed by atoms with Crippen LogP contribution in [0.1, 0.15) is 34.8 Å². The van der Waals surface area contributed by atoms with E-state index >= 15 is 0 Å². The van der Waals surface area contributed by atoms with Gasteiger partial charge in [-0.05, 0) is 12.8 Å². The van der Waals surface area contributed by atoms with Gasteiger partial charge in [0.1, 0.15) is 5.01 Å². The summed E-state index contributed by atoms with van der Waals surface area (Å²) in [5.41, 5.74) is 2.77. The minimum Gasteiger partial charge on any atom is -0.476 e. The normalized spacial score (nSPS) is 16.0.